The molecule has 0 N–H and O–H groups in total. The normalized spacial score (nSPS) is 13.7. The molecule has 0 atom stereocenters. The Balaban J connectivity index is 0.945. The van der Waals surface area contributed by atoms with E-state index < -0.39 is 6.71 Å². The first-order chi connectivity index (χ1) is 40.0. The topological polar surface area (TPSA) is 83.4 Å². The number of hydrogen-bond donors (Lipinski definition) is 0. The number of nitriles is 2. The van der Waals surface area contributed by atoms with Crippen LogP contribution >= 0.6 is 0 Å². The first-order valence-electron chi connectivity index (χ1n) is 27.1. The van der Waals surface area contributed by atoms with Gasteiger partial charge in [-0.15, -0.1) is 0 Å². The Morgan fingerprint density at radius 2 is 0.667 bits per heavy atom. The molecule has 0 aliphatic carbocycles. The molecule has 6 heterocycles. The van der Waals surface area contributed by atoms with Crippen molar-refractivity contribution in [1.29, 1.82) is 10.5 Å². The summed E-state index contributed by atoms with van der Waals surface area (Å²) in [6.45, 7) is 7.61. The van der Waals surface area contributed by atoms with Crippen molar-refractivity contribution in [1.82, 2.24) is 0 Å². The van der Waals surface area contributed by atoms with Crippen molar-refractivity contribution < 1.29 is 9.47 Å². The molecule has 0 radical (unpaired) electrons. The monoisotopic (exact) mass is 1030 g/mol. The molecule has 0 spiro atoms. The van der Waals surface area contributed by atoms with E-state index in [1.54, 1.807) is 0 Å². The number of hydrogen-bond acceptors (Lipinski definition) is 8. The van der Waals surface area contributed by atoms with E-state index in [0.29, 0.717) is 39.8 Å². The van der Waals surface area contributed by atoms with Crippen molar-refractivity contribution in [2.24, 2.45) is 0 Å². The number of fused-ring (bicyclic) bond motifs is 12. The Bertz CT molecular complexity index is 4410. The fraction of sp³-hybridized carbons (Fsp3) is 0. The summed E-state index contributed by atoms with van der Waals surface area (Å²) in [6.07, 6.45) is 0. The minimum atomic E-state index is -0.396. The van der Waals surface area contributed by atoms with Crippen molar-refractivity contribution in [2.75, 3.05) is 19.6 Å². The number of anilines is 12. The van der Waals surface area contributed by atoms with Gasteiger partial charge in [0.25, 0.3) is 20.1 Å². The van der Waals surface area contributed by atoms with Crippen LogP contribution in [0.15, 0.2) is 231 Å². The van der Waals surface area contributed by atoms with E-state index in [1.807, 2.05) is 54.6 Å². The van der Waals surface area contributed by atoms with Crippen molar-refractivity contribution in [3.8, 4) is 35.1 Å². The van der Waals surface area contributed by atoms with Gasteiger partial charge < -0.3 is 29.1 Å². The van der Waals surface area contributed by atoms with E-state index in [2.05, 4.69) is 213 Å². The number of rotatable bonds is 4. The molecule has 81 heavy (non-hydrogen) atoms. The molecule has 0 amide bonds. The third-order valence-electron chi connectivity index (χ3n) is 17.1. The predicted octanol–water partition coefficient (Wildman–Crippen LogP) is 10.9. The molecule has 11 aromatic rings. The minimum absolute atomic E-state index is 0.241. The fourth-order valence-corrected chi connectivity index (χ4v) is 14.0. The zero-order chi connectivity index (χ0) is 53.6. The van der Waals surface area contributed by atoms with Gasteiger partial charge in [-0.3, -0.25) is 0 Å². The van der Waals surface area contributed by atoms with Crippen molar-refractivity contribution in [3.05, 3.63) is 253 Å². The standard InChI is InChI=1S/C69H38B3N7O2/c1-75-44-34-61-68-62(35-44)79(48-24-12-5-13-25-48)58-39-64-54(37-52(58)71(68)50-27-15-17-29-56(50)77(61)46-20-8-3-9-21-46)72-53-36-51-57(38-63(53)80-65-32-43(41-74)33-66(81-64)69(65)72)78(47-22-10-4-11-23-47)60-31-42(40-73)30-59-67(60)70(51)49-26-14-16-28-55(49)76(59)45-18-6-2-7-19-45/h2-39H. The highest BCUT2D eigenvalue weighted by atomic mass is 16.5. The summed E-state index contributed by atoms with van der Waals surface area (Å²) in [5, 5.41) is 21.5. The van der Waals surface area contributed by atoms with Gasteiger partial charge in [0, 0.05) is 85.8 Å². The molecule has 0 bridgehead atoms. The average Bonchev–Trinajstić information content (AvgIpc) is 3.45. The SMILES string of the molecule is [C-]#[N+]c1cc2c3c(c1)N(c1ccccc1)c1cc4c(cc1B3c1ccccc1N2c1ccccc1)B1c2cc3c(cc2Oc2cc(C#N)cc(c21)O4)N(c1ccccc1)c1cc(C#N)cc2c1B3c1ccccc1N2c1ccccc1. The van der Waals surface area contributed by atoms with Crippen LogP contribution in [0.3, 0.4) is 0 Å². The molecule has 12 heteroatoms. The van der Waals surface area contributed by atoms with E-state index in [4.69, 9.17) is 16.0 Å². The van der Waals surface area contributed by atoms with Gasteiger partial charge in [-0.05, 0) is 141 Å². The van der Waals surface area contributed by atoms with Crippen molar-refractivity contribution in [2.45, 2.75) is 0 Å². The maximum atomic E-state index is 10.8. The third kappa shape index (κ3) is 6.32. The van der Waals surface area contributed by atoms with E-state index in [1.165, 1.54) is 0 Å². The second kappa shape index (κ2) is 16.9. The van der Waals surface area contributed by atoms with Crippen LogP contribution in [0.25, 0.3) is 4.85 Å². The second-order valence-electron chi connectivity index (χ2n) is 21.2. The Morgan fingerprint density at radius 1 is 0.321 bits per heavy atom. The lowest BCUT2D eigenvalue weighted by Gasteiger charge is -2.45. The first-order valence-corrected chi connectivity index (χ1v) is 27.1. The van der Waals surface area contributed by atoms with Gasteiger partial charge in [-0.1, -0.05) is 121 Å². The fourth-order valence-electron chi connectivity index (χ4n) is 14.0. The largest absolute Gasteiger partial charge is 0.458 e. The third-order valence-corrected chi connectivity index (χ3v) is 17.1. The quantitative estimate of drug-likeness (QED) is 0.127. The van der Waals surface area contributed by atoms with Crippen LogP contribution in [-0.4, -0.2) is 20.1 Å². The molecule has 0 unspecified atom stereocenters. The van der Waals surface area contributed by atoms with Crippen LogP contribution < -0.4 is 78.2 Å². The van der Waals surface area contributed by atoms with Crippen LogP contribution in [0.2, 0.25) is 0 Å². The maximum absolute atomic E-state index is 10.8. The van der Waals surface area contributed by atoms with Crippen LogP contribution in [0, 0.1) is 29.2 Å². The van der Waals surface area contributed by atoms with E-state index >= 15 is 0 Å². The summed E-state index contributed by atoms with van der Waals surface area (Å²) < 4.78 is 14.4. The summed E-state index contributed by atoms with van der Waals surface area (Å²) in [6, 6.07) is 84.8. The van der Waals surface area contributed by atoms with Gasteiger partial charge in [0.2, 0.25) is 0 Å². The molecule has 0 fully saturated rings. The maximum Gasteiger partial charge on any atom is 0.260 e. The Hall–Kier alpha value is -11.1. The molecule has 11 aromatic carbocycles. The highest BCUT2D eigenvalue weighted by Crippen LogP contribution is 2.49. The molecule has 9 nitrogen and oxygen atoms in total. The molecule has 0 saturated heterocycles. The number of para-hydroxylation sites is 6. The molecular weight excluding hydrogens is 991 g/mol. The van der Waals surface area contributed by atoms with Crippen LogP contribution in [-0.2, 0) is 0 Å². The van der Waals surface area contributed by atoms with Gasteiger partial charge in [0.15, 0.2) is 5.69 Å². The van der Waals surface area contributed by atoms with Gasteiger partial charge >= 0.3 is 0 Å². The Kier molecular flexibility index (Phi) is 9.40. The summed E-state index contributed by atoms with van der Waals surface area (Å²) in [4.78, 5) is 13.3. The van der Waals surface area contributed by atoms with Gasteiger partial charge in [0.1, 0.15) is 23.0 Å². The van der Waals surface area contributed by atoms with E-state index in [9.17, 15) is 10.5 Å². The summed E-state index contributed by atoms with van der Waals surface area (Å²) >= 11 is 0. The molecule has 0 aromatic heterocycles. The Morgan fingerprint density at radius 3 is 1.06 bits per heavy atom. The summed E-state index contributed by atoms with van der Waals surface area (Å²) in [5.41, 5.74) is 22.6. The highest BCUT2D eigenvalue weighted by Gasteiger charge is 2.50. The summed E-state index contributed by atoms with van der Waals surface area (Å²) in [7, 11) is 0. The minimum Gasteiger partial charge on any atom is -0.458 e. The molecule has 6 aliphatic heterocycles. The van der Waals surface area contributed by atoms with E-state index in [0.717, 1.165) is 117 Å². The smallest absolute Gasteiger partial charge is 0.260 e. The number of nitrogens with zero attached hydrogens (tertiary/aromatic N) is 7. The average molecular weight is 1030 g/mol. The number of benzene rings is 11. The van der Waals surface area contributed by atoms with Crippen LogP contribution in [0.4, 0.5) is 73.9 Å². The molecule has 6 aliphatic rings. The lowest BCUT2D eigenvalue weighted by Crippen LogP contribution is -2.65. The lowest BCUT2D eigenvalue weighted by molar-refractivity contribution is 0.464. The lowest BCUT2D eigenvalue weighted by atomic mass is 9.29. The van der Waals surface area contributed by atoms with Gasteiger partial charge in [-0.2, -0.15) is 10.5 Å². The molecule has 0 saturated carbocycles. The number of ether oxygens (including phenoxy) is 2. The molecular formula is C69H38B3N7O2. The zero-order valence-electron chi connectivity index (χ0n) is 43.1. The Labute approximate surface area is 468 Å². The van der Waals surface area contributed by atoms with Crippen molar-refractivity contribution >= 4 is 143 Å². The van der Waals surface area contributed by atoms with Crippen LogP contribution in [0.1, 0.15) is 11.1 Å². The van der Waals surface area contributed by atoms with Gasteiger partial charge in [0.05, 0.1) is 29.8 Å². The zero-order valence-corrected chi connectivity index (χ0v) is 43.1. The molecule has 370 valence electrons. The molecule has 17 rings (SSSR count). The summed E-state index contributed by atoms with van der Waals surface area (Å²) in [5.74, 6) is 2.47. The van der Waals surface area contributed by atoms with Crippen molar-refractivity contribution in [3.63, 3.8) is 0 Å². The van der Waals surface area contributed by atoms with Gasteiger partial charge in [-0.25, -0.2) is 4.85 Å². The predicted molar refractivity (Wildman–Crippen MR) is 328 cm³/mol. The van der Waals surface area contributed by atoms with Crippen LogP contribution in [0.5, 0.6) is 23.0 Å². The second-order valence-corrected chi connectivity index (χ2v) is 21.2. The highest BCUT2D eigenvalue weighted by molar-refractivity contribution is 7.03. The first kappa shape index (κ1) is 45.0. The van der Waals surface area contributed by atoms with E-state index in [-0.39, 0.29) is 13.4 Å².